The highest BCUT2D eigenvalue weighted by atomic mass is 16.3. The summed E-state index contributed by atoms with van der Waals surface area (Å²) in [6.45, 7) is 0. The van der Waals surface area contributed by atoms with Crippen molar-refractivity contribution < 1.29 is 4.42 Å². The first kappa shape index (κ1) is 31.5. The maximum Gasteiger partial charge on any atom is 0.166 e. The van der Waals surface area contributed by atoms with Crippen molar-refractivity contribution in [3.63, 3.8) is 0 Å². The molecule has 266 valence electrons. The fourth-order valence-corrected chi connectivity index (χ4v) is 8.66. The van der Waals surface area contributed by atoms with E-state index in [1.165, 1.54) is 16.2 Å². The van der Waals surface area contributed by atoms with Gasteiger partial charge in [0, 0.05) is 54.7 Å². The molecule has 0 atom stereocenters. The van der Waals surface area contributed by atoms with E-state index < -0.39 is 0 Å². The van der Waals surface area contributed by atoms with Crippen LogP contribution in [0, 0.1) is 0 Å². The van der Waals surface area contributed by atoms with E-state index in [-0.39, 0.29) is 0 Å². The van der Waals surface area contributed by atoms with Crippen molar-refractivity contribution in [2.24, 2.45) is 0 Å². The highest BCUT2D eigenvalue weighted by Crippen LogP contribution is 2.44. The van der Waals surface area contributed by atoms with E-state index in [1.807, 2.05) is 42.5 Å². The van der Waals surface area contributed by atoms with Gasteiger partial charge in [-0.3, -0.25) is 0 Å². The number of rotatable bonds is 5. The number of fused-ring (bicyclic) bond motifs is 9. The second kappa shape index (κ2) is 12.3. The third-order valence-electron chi connectivity index (χ3n) is 11.2. The van der Waals surface area contributed by atoms with Crippen LogP contribution in [0.4, 0.5) is 0 Å². The molecule has 4 aromatic heterocycles. The molecule has 0 bridgehead atoms. The van der Waals surface area contributed by atoms with E-state index in [9.17, 15) is 0 Å². The molecular formula is C51H31N5O. The smallest absolute Gasteiger partial charge is 0.166 e. The summed E-state index contributed by atoms with van der Waals surface area (Å²) in [6, 6.07) is 65.6. The van der Waals surface area contributed by atoms with Crippen LogP contribution in [0.3, 0.4) is 0 Å². The standard InChI is InChI=1S/C51H31N5O/c1-3-15-32(16-4-1)49-52-50(33-27-28-39-38-22-10-14-26-45(38)57-46(39)31-33)54-51(53-49)41-30-29-40-37-21-9-11-23-42(37)55(34-17-5-2-6-18-34)47(40)48(41)56-43-24-12-7-19-35(43)36-20-8-13-25-44(36)56/h1-31H. The zero-order chi connectivity index (χ0) is 37.5. The van der Waals surface area contributed by atoms with Crippen LogP contribution in [-0.2, 0) is 0 Å². The van der Waals surface area contributed by atoms with Gasteiger partial charge in [0.05, 0.1) is 27.8 Å². The zero-order valence-electron chi connectivity index (χ0n) is 30.5. The molecule has 4 heterocycles. The summed E-state index contributed by atoms with van der Waals surface area (Å²) in [5, 5.41) is 6.81. The monoisotopic (exact) mass is 729 g/mol. The summed E-state index contributed by atoms with van der Waals surface area (Å²) in [5.74, 6) is 1.74. The van der Waals surface area contributed by atoms with Gasteiger partial charge in [-0.25, -0.2) is 15.0 Å². The molecule has 57 heavy (non-hydrogen) atoms. The molecule has 6 nitrogen and oxygen atoms in total. The largest absolute Gasteiger partial charge is 0.456 e. The van der Waals surface area contributed by atoms with Crippen LogP contribution in [0.5, 0.6) is 0 Å². The minimum Gasteiger partial charge on any atom is -0.456 e. The van der Waals surface area contributed by atoms with Crippen molar-refractivity contribution >= 4 is 65.6 Å². The van der Waals surface area contributed by atoms with E-state index in [1.54, 1.807) is 0 Å². The van der Waals surface area contributed by atoms with Crippen molar-refractivity contribution in [3.8, 4) is 45.5 Å². The Balaban J connectivity index is 1.23. The van der Waals surface area contributed by atoms with Crippen LogP contribution in [-0.4, -0.2) is 24.1 Å². The minimum absolute atomic E-state index is 0.568. The topological polar surface area (TPSA) is 61.7 Å². The van der Waals surface area contributed by atoms with Crippen LogP contribution in [0.25, 0.3) is 111 Å². The fourth-order valence-electron chi connectivity index (χ4n) is 8.66. The van der Waals surface area contributed by atoms with Gasteiger partial charge in [-0.1, -0.05) is 133 Å². The Morgan fingerprint density at radius 1 is 0.351 bits per heavy atom. The van der Waals surface area contributed by atoms with E-state index in [0.29, 0.717) is 17.5 Å². The first-order chi connectivity index (χ1) is 28.3. The second-order valence-corrected chi connectivity index (χ2v) is 14.4. The summed E-state index contributed by atoms with van der Waals surface area (Å²) in [5.41, 5.74) is 10.7. The van der Waals surface area contributed by atoms with E-state index >= 15 is 0 Å². The second-order valence-electron chi connectivity index (χ2n) is 14.4. The van der Waals surface area contributed by atoms with Gasteiger partial charge >= 0.3 is 0 Å². The lowest BCUT2D eigenvalue weighted by Gasteiger charge is -2.18. The quantitative estimate of drug-likeness (QED) is 0.177. The van der Waals surface area contributed by atoms with Crippen molar-refractivity contribution in [1.29, 1.82) is 0 Å². The number of para-hydroxylation sites is 5. The number of hydrogen-bond acceptors (Lipinski definition) is 4. The number of aromatic nitrogens is 5. The zero-order valence-corrected chi connectivity index (χ0v) is 30.5. The Morgan fingerprint density at radius 2 is 0.860 bits per heavy atom. The Labute approximate surface area is 326 Å². The molecule has 0 amide bonds. The van der Waals surface area contributed by atoms with Crippen LogP contribution in [0.1, 0.15) is 0 Å². The Morgan fingerprint density at radius 3 is 1.56 bits per heavy atom. The van der Waals surface area contributed by atoms with Gasteiger partial charge < -0.3 is 13.6 Å². The minimum atomic E-state index is 0.568. The molecule has 12 rings (SSSR count). The van der Waals surface area contributed by atoms with Crippen molar-refractivity contribution in [2.45, 2.75) is 0 Å². The van der Waals surface area contributed by atoms with Crippen molar-refractivity contribution in [2.75, 3.05) is 0 Å². The molecule has 0 saturated carbocycles. The van der Waals surface area contributed by atoms with Gasteiger partial charge in [0.15, 0.2) is 17.5 Å². The van der Waals surface area contributed by atoms with E-state index in [0.717, 1.165) is 77.5 Å². The lowest BCUT2D eigenvalue weighted by Crippen LogP contribution is -2.06. The number of nitrogens with zero attached hydrogens (tertiary/aromatic N) is 5. The first-order valence-electron chi connectivity index (χ1n) is 19.1. The third kappa shape index (κ3) is 4.81. The van der Waals surface area contributed by atoms with Gasteiger partial charge in [0.1, 0.15) is 11.2 Å². The van der Waals surface area contributed by atoms with E-state index in [4.69, 9.17) is 19.4 Å². The summed E-state index contributed by atoms with van der Waals surface area (Å²) < 4.78 is 11.2. The molecule has 0 aliphatic heterocycles. The Hall–Kier alpha value is -7.83. The van der Waals surface area contributed by atoms with Gasteiger partial charge in [-0.15, -0.1) is 0 Å². The molecular weight excluding hydrogens is 699 g/mol. The maximum absolute atomic E-state index is 6.35. The molecule has 0 fully saturated rings. The molecule has 0 unspecified atom stereocenters. The molecule has 0 spiro atoms. The summed E-state index contributed by atoms with van der Waals surface area (Å²) >= 11 is 0. The average molecular weight is 730 g/mol. The highest BCUT2D eigenvalue weighted by molar-refractivity contribution is 6.17. The molecule has 0 saturated heterocycles. The molecule has 0 N–H and O–H groups in total. The fraction of sp³-hybridized carbons (Fsp3) is 0. The van der Waals surface area contributed by atoms with Crippen LogP contribution >= 0.6 is 0 Å². The normalized spacial score (nSPS) is 11.9. The Kier molecular flexibility index (Phi) is 6.83. The summed E-state index contributed by atoms with van der Waals surface area (Å²) in [4.78, 5) is 15.8. The molecule has 0 aliphatic rings. The van der Waals surface area contributed by atoms with Gasteiger partial charge in [-0.2, -0.15) is 0 Å². The van der Waals surface area contributed by atoms with Crippen LogP contribution in [0.15, 0.2) is 192 Å². The highest BCUT2D eigenvalue weighted by Gasteiger charge is 2.25. The van der Waals surface area contributed by atoms with Gasteiger partial charge in [0.2, 0.25) is 0 Å². The summed E-state index contributed by atoms with van der Waals surface area (Å²) in [7, 11) is 0. The number of benzene rings is 8. The summed E-state index contributed by atoms with van der Waals surface area (Å²) in [6.07, 6.45) is 0. The molecule has 8 aromatic carbocycles. The number of furan rings is 1. The predicted molar refractivity (Wildman–Crippen MR) is 232 cm³/mol. The van der Waals surface area contributed by atoms with E-state index in [2.05, 4.69) is 155 Å². The van der Waals surface area contributed by atoms with Crippen molar-refractivity contribution in [3.05, 3.63) is 188 Å². The Bertz CT molecular complexity index is 3470. The van der Waals surface area contributed by atoms with Gasteiger partial charge in [0.25, 0.3) is 0 Å². The molecule has 12 aromatic rings. The SMILES string of the molecule is c1ccc(-c2nc(-c3ccc4c(c3)oc3ccccc34)nc(-c3ccc4c5ccccc5n(-c5ccccc5)c4c3-n3c4ccccc4c4ccccc43)n2)cc1. The van der Waals surface area contributed by atoms with Gasteiger partial charge in [-0.05, 0) is 54.6 Å². The molecule has 6 heteroatoms. The lowest BCUT2D eigenvalue weighted by molar-refractivity contribution is 0.669. The van der Waals surface area contributed by atoms with Crippen LogP contribution < -0.4 is 0 Å². The maximum atomic E-state index is 6.35. The van der Waals surface area contributed by atoms with Crippen LogP contribution in [0.2, 0.25) is 0 Å². The lowest BCUT2D eigenvalue weighted by atomic mass is 10.1. The molecule has 0 radical (unpaired) electrons. The third-order valence-corrected chi connectivity index (χ3v) is 11.2. The number of hydrogen-bond donors (Lipinski definition) is 0. The predicted octanol–water partition coefficient (Wildman–Crippen LogP) is 13.0. The molecule has 0 aliphatic carbocycles. The first-order valence-corrected chi connectivity index (χ1v) is 19.1. The average Bonchev–Trinajstić information content (AvgIpc) is 3.94. The van der Waals surface area contributed by atoms with Crippen molar-refractivity contribution in [1.82, 2.24) is 24.1 Å².